The monoisotopic (exact) mass is 442 g/mol. The van der Waals surface area contributed by atoms with Crippen molar-refractivity contribution in [1.29, 1.82) is 0 Å². The first-order valence-corrected chi connectivity index (χ1v) is 12.1. The van der Waals surface area contributed by atoms with Crippen molar-refractivity contribution in [2.75, 3.05) is 43.4 Å². The summed E-state index contributed by atoms with van der Waals surface area (Å²) in [6.07, 6.45) is 4.45. The average molecular weight is 443 g/mol. The minimum Gasteiger partial charge on any atom is -0.396 e. The quantitative estimate of drug-likeness (QED) is 0.522. The van der Waals surface area contributed by atoms with E-state index in [9.17, 15) is 9.59 Å². The van der Waals surface area contributed by atoms with Crippen LogP contribution in [0.3, 0.4) is 0 Å². The predicted octanol–water partition coefficient (Wildman–Crippen LogP) is 1.95. The molecule has 0 atom stereocenters. The van der Waals surface area contributed by atoms with E-state index in [4.69, 9.17) is 5.11 Å². The number of rotatable bonds is 7. The van der Waals surface area contributed by atoms with Crippen LogP contribution in [0.5, 0.6) is 0 Å². The SMILES string of the molecule is O=C(CSc1nc(=O)n(CCCO)c2c1CCCC2)N1CCN(c2ccccc2)CC1. The van der Waals surface area contributed by atoms with E-state index in [-0.39, 0.29) is 18.2 Å². The number of carbonyl (C=O) groups is 1. The number of anilines is 1. The summed E-state index contributed by atoms with van der Waals surface area (Å²) < 4.78 is 1.72. The van der Waals surface area contributed by atoms with Crippen LogP contribution in [0.4, 0.5) is 5.69 Å². The van der Waals surface area contributed by atoms with Crippen molar-refractivity contribution in [3.8, 4) is 0 Å². The van der Waals surface area contributed by atoms with Gasteiger partial charge in [-0.25, -0.2) is 4.79 Å². The van der Waals surface area contributed by atoms with Crippen LogP contribution < -0.4 is 10.6 Å². The highest BCUT2D eigenvalue weighted by molar-refractivity contribution is 7.99. The molecule has 0 spiro atoms. The first kappa shape index (κ1) is 21.9. The van der Waals surface area contributed by atoms with E-state index in [0.717, 1.165) is 55.1 Å². The lowest BCUT2D eigenvalue weighted by Gasteiger charge is -2.36. The Kier molecular flexibility index (Phi) is 7.29. The lowest BCUT2D eigenvalue weighted by atomic mass is 9.97. The van der Waals surface area contributed by atoms with Crippen molar-refractivity contribution in [3.63, 3.8) is 0 Å². The molecule has 1 aromatic heterocycles. The zero-order valence-electron chi connectivity index (χ0n) is 17.8. The molecule has 0 bridgehead atoms. The molecule has 1 saturated heterocycles. The number of para-hydroxylation sites is 1. The first-order chi connectivity index (χ1) is 15.2. The summed E-state index contributed by atoms with van der Waals surface area (Å²) in [7, 11) is 0. The number of hydrogen-bond acceptors (Lipinski definition) is 6. The minimum absolute atomic E-state index is 0.0593. The van der Waals surface area contributed by atoms with E-state index < -0.39 is 0 Å². The largest absolute Gasteiger partial charge is 0.396 e. The van der Waals surface area contributed by atoms with Crippen LogP contribution in [0.25, 0.3) is 0 Å². The second-order valence-electron chi connectivity index (χ2n) is 8.05. The van der Waals surface area contributed by atoms with E-state index in [1.165, 1.54) is 17.4 Å². The van der Waals surface area contributed by atoms with Crippen LogP contribution in [0.2, 0.25) is 0 Å². The molecular weight excluding hydrogens is 412 g/mol. The second kappa shape index (κ2) is 10.3. The predicted molar refractivity (Wildman–Crippen MR) is 123 cm³/mol. The number of nitrogens with zero attached hydrogens (tertiary/aromatic N) is 4. The summed E-state index contributed by atoms with van der Waals surface area (Å²) in [5.41, 5.74) is 3.10. The minimum atomic E-state index is -0.263. The van der Waals surface area contributed by atoms with Crippen LogP contribution in [-0.2, 0) is 24.2 Å². The van der Waals surface area contributed by atoms with Crippen LogP contribution in [-0.4, -0.2) is 64.0 Å². The maximum absolute atomic E-state index is 12.8. The third-order valence-electron chi connectivity index (χ3n) is 6.08. The zero-order valence-corrected chi connectivity index (χ0v) is 18.6. The fraction of sp³-hybridized carbons (Fsp3) is 0.522. The molecule has 1 fully saturated rings. The molecule has 166 valence electrons. The number of amides is 1. The van der Waals surface area contributed by atoms with Gasteiger partial charge in [0, 0.05) is 56.3 Å². The van der Waals surface area contributed by atoms with Crippen LogP contribution in [0, 0.1) is 0 Å². The Morgan fingerprint density at radius 1 is 1.06 bits per heavy atom. The van der Waals surface area contributed by atoms with Gasteiger partial charge in [-0.2, -0.15) is 4.98 Å². The molecule has 7 nitrogen and oxygen atoms in total. The highest BCUT2D eigenvalue weighted by Crippen LogP contribution is 2.29. The third kappa shape index (κ3) is 5.13. The van der Waals surface area contributed by atoms with Gasteiger partial charge in [0.25, 0.3) is 0 Å². The number of aromatic nitrogens is 2. The van der Waals surface area contributed by atoms with Gasteiger partial charge in [0.2, 0.25) is 5.91 Å². The molecule has 8 heteroatoms. The maximum Gasteiger partial charge on any atom is 0.348 e. The maximum atomic E-state index is 12.8. The van der Waals surface area contributed by atoms with E-state index in [1.807, 2.05) is 23.1 Å². The topological polar surface area (TPSA) is 78.7 Å². The molecule has 1 aromatic carbocycles. The number of thioether (sulfide) groups is 1. The molecule has 31 heavy (non-hydrogen) atoms. The van der Waals surface area contributed by atoms with Crippen molar-refractivity contribution in [1.82, 2.24) is 14.5 Å². The molecule has 0 radical (unpaired) electrons. The molecule has 1 aliphatic carbocycles. The third-order valence-corrected chi connectivity index (χ3v) is 7.08. The van der Waals surface area contributed by atoms with Gasteiger partial charge in [0.15, 0.2) is 0 Å². The molecule has 0 saturated carbocycles. The van der Waals surface area contributed by atoms with Crippen LogP contribution >= 0.6 is 11.8 Å². The Morgan fingerprint density at radius 2 is 1.81 bits per heavy atom. The van der Waals surface area contributed by atoms with E-state index in [0.29, 0.717) is 31.8 Å². The normalized spacial score (nSPS) is 16.3. The summed E-state index contributed by atoms with van der Waals surface area (Å²) in [5, 5.41) is 9.86. The summed E-state index contributed by atoms with van der Waals surface area (Å²) in [4.78, 5) is 34.0. The Bertz CT molecular complexity index is 955. The van der Waals surface area contributed by atoms with Gasteiger partial charge in [0.1, 0.15) is 5.03 Å². The van der Waals surface area contributed by atoms with Crippen molar-refractivity contribution in [2.45, 2.75) is 43.7 Å². The highest BCUT2D eigenvalue weighted by atomic mass is 32.2. The van der Waals surface area contributed by atoms with Gasteiger partial charge >= 0.3 is 5.69 Å². The van der Waals surface area contributed by atoms with Gasteiger partial charge in [-0.1, -0.05) is 30.0 Å². The Labute approximate surface area is 187 Å². The van der Waals surface area contributed by atoms with E-state index in [1.54, 1.807) is 4.57 Å². The molecule has 1 N–H and O–H groups in total. The number of aliphatic hydroxyl groups excluding tert-OH is 1. The van der Waals surface area contributed by atoms with E-state index in [2.05, 4.69) is 22.0 Å². The van der Waals surface area contributed by atoms with Gasteiger partial charge in [-0.3, -0.25) is 9.36 Å². The van der Waals surface area contributed by atoms with Crippen LogP contribution in [0.1, 0.15) is 30.5 Å². The smallest absolute Gasteiger partial charge is 0.348 e. The zero-order chi connectivity index (χ0) is 21.6. The van der Waals surface area contributed by atoms with Gasteiger partial charge in [-0.15, -0.1) is 0 Å². The lowest BCUT2D eigenvalue weighted by molar-refractivity contribution is -0.128. The van der Waals surface area contributed by atoms with Gasteiger partial charge in [-0.05, 0) is 44.2 Å². The standard InChI is InChI=1S/C23H30N4O3S/c28-16-6-11-27-20-10-5-4-9-19(20)22(24-23(27)30)31-17-21(29)26-14-12-25(13-15-26)18-7-2-1-3-8-18/h1-3,7-8,28H,4-6,9-17H2. The fourth-order valence-electron chi connectivity index (χ4n) is 4.40. The number of aliphatic hydroxyl groups is 1. The number of carbonyl (C=O) groups excluding carboxylic acids is 1. The van der Waals surface area contributed by atoms with Gasteiger partial charge < -0.3 is 14.9 Å². The summed E-state index contributed by atoms with van der Waals surface area (Å²) >= 11 is 1.40. The number of piperazine rings is 1. The molecule has 1 aliphatic heterocycles. The second-order valence-corrected chi connectivity index (χ2v) is 9.02. The number of hydrogen-bond donors (Lipinski definition) is 1. The number of fused-ring (bicyclic) bond motifs is 1. The average Bonchev–Trinajstić information content (AvgIpc) is 2.82. The summed E-state index contributed by atoms with van der Waals surface area (Å²) in [6.45, 7) is 3.64. The Balaban J connectivity index is 1.38. The molecule has 1 amide bonds. The fourth-order valence-corrected chi connectivity index (χ4v) is 5.38. The van der Waals surface area contributed by atoms with Crippen molar-refractivity contribution >= 4 is 23.4 Å². The Morgan fingerprint density at radius 3 is 2.55 bits per heavy atom. The highest BCUT2D eigenvalue weighted by Gasteiger charge is 2.24. The number of benzene rings is 1. The van der Waals surface area contributed by atoms with E-state index >= 15 is 0 Å². The molecule has 2 aliphatic rings. The lowest BCUT2D eigenvalue weighted by Crippen LogP contribution is -2.49. The Hall–Kier alpha value is -2.32. The molecular formula is C23H30N4O3S. The first-order valence-electron chi connectivity index (χ1n) is 11.1. The summed E-state index contributed by atoms with van der Waals surface area (Å²) in [5.74, 6) is 0.416. The van der Waals surface area contributed by atoms with Crippen LogP contribution in [0.15, 0.2) is 40.2 Å². The molecule has 2 aromatic rings. The molecule has 2 heterocycles. The van der Waals surface area contributed by atoms with Crippen molar-refractivity contribution < 1.29 is 9.90 Å². The molecule has 4 rings (SSSR count). The summed E-state index contributed by atoms with van der Waals surface area (Å²) in [6, 6.07) is 10.3. The molecule has 0 unspecified atom stereocenters. The van der Waals surface area contributed by atoms with Gasteiger partial charge in [0.05, 0.1) is 5.75 Å². The van der Waals surface area contributed by atoms with Crippen molar-refractivity contribution in [2.24, 2.45) is 0 Å². The van der Waals surface area contributed by atoms with Crippen molar-refractivity contribution in [3.05, 3.63) is 52.1 Å².